The molecule has 0 radical (unpaired) electrons. The Kier molecular flexibility index (Phi) is 19.2. The van der Waals surface area contributed by atoms with Crippen LogP contribution in [0.3, 0.4) is 0 Å². The molecule has 7 amide bonds. The second-order valence-corrected chi connectivity index (χ2v) is 17.2. The normalized spacial score (nSPS) is 13.8. The fraction of sp³-hybridized carbons (Fsp3) is 0.489. The summed E-state index contributed by atoms with van der Waals surface area (Å²) >= 11 is 0. The molecule has 0 saturated carbocycles. The maximum absolute atomic E-state index is 15.7. The second kappa shape index (κ2) is 24.5. The molecule has 18 heteroatoms. The summed E-state index contributed by atoms with van der Waals surface area (Å²) in [5.41, 5.74) is 2.26. The van der Waals surface area contributed by atoms with E-state index in [0.29, 0.717) is 49.3 Å². The molecule has 3 atom stereocenters. The van der Waals surface area contributed by atoms with E-state index < -0.39 is 60.8 Å². The number of hydrogen-bond donors (Lipinski definition) is 4. The average Bonchev–Trinajstić information content (AvgIpc) is 3.82. The summed E-state index contributed by atoms with van der Waals surface area (Å²) in [4.78, 5) is 94.7. The van der Waals surface area contributed by atoms with Gasteiger partial charge in [-0.1, -0.05) is 90.4 Å². The van der Waals surface area contributed by atoms with Crippen molar-refractivity contribution < 1.29 is 47.4 Å². The third-order valence-electron chi connectivity index (χ3n) is 10.5. The Morgan fingerprint density at radius 1 is 0.877 bits per heavy atom. The minimum Gasteiger partial charge on any atom is -0.453 e. The van der Waals surface area contributed by atoms with E-state index in [-0.39, 0.29) is 49.8 Å². The number of nitrogens with zero attached hydrogens (tertiary/aromatic N) is 4. The zero-order valence-electron chi connectivity index (χ0n) is 38.4. The van der Waals surface area contributed by atoms with Gasteiger partial charge in [-0.2, -0.15) is 0 Å². The number of benzene rings is 2. The van der Waals surface area contributed by atoms with Crippen molar-refractivity contribution in [1.82, 2.24) is 35.3 Å². The van der Waals surface area contributed by atoms with E-state index in [1.165, 1.54) is 24.2 Å². The number of aromatic nitrogens is 2. The van der Waals surface area contributed by atoms with Gasteiger partial charge in [0.2, 0.25) is 17.7 Å². The predicted octanol–water partition coefficient (Wildman–Crippen LogP) is 5.59. The van der Waals surface area contributed by atoms with Gasteiger partial charge in [0.05, 0.1) is 38.5 Å². The fourth-order valence-corrected chi connectivity index (χ4v) is 7.18. The molecular formula is C47H63FN8O9. The molecule has 0 spiro atoms. The Morgan fingerprint density at radius 2 is 1.55 bits per heavy atom. The number of halogens is 1. The van der Waals surface area contributed by atoms with Crippen LogP contribution in [0.25, 0.3) is 0 Å². The van der Waals surface area contributed by atoms with Crippen molar-refractivity contribution in [3.63, 3.8) is 0 Å². The third-order valence-corrected chi connectivity index (χ3v) is 10.5. The molecule has 2 aromatic carbocycles. The van der Waals surface area contributed by atoms with E-state index in [9.17, 15) is 33.6 Å². The highest BCUT2D eigenvalue weighted by atomic mass is 19.1. The molecule has 0 saturated heterocycles. The molecule has 3 unspecified atom stereocenters. The van der Waals surface area contributed by atoms with Gasteiger partial charge in [0.25, 0.3) is 11.8 Å². The monoisotopic (exact) mass is 902 g/mol. The number of methoxy groups -OCH3 is 1. The number of ether oxygens (including phenoxy) is 2. The summed E-state index contributed by atoms with van der Waals surface area (Å²) in [6.07, 6.45) is 3.59. The van der Waals surface area contributed by atoms with Crippen LogP contribution >= 0.6 is 0 Å². The lowest BCUT2D eigenvalue weighted by atomic mass is 9.84. The number of hydrogen-bond acceptors (Lipinski definition) is 10. The van der Waals surface area contributed by atoms with Crippen LogP contribution in [0.1, 0.15) is 95.9 Å². The zero-order valence-corrected chi connectivity index (χ0v) is 38.4. The number of rotatable bonds is 23. The van der Waals surface area contributed by atoms with Crippen molar-refractivity contribution in [2.24, 2.45) is 11.3 Å². The molecule has 352 valence electrons. The second-order valence-electron chi connectivity index (χ2n) is 17.2. The highest BCUT2D eigenvalue weighted by Gasteiger charge is 2.40. The first-order valence-corrected chi connectivity index (χ1v) is 21.9. The van der Waals surface area contributed by atoms with Crippen molar-refractivity contribution in [1.29, 1.82) is 0 Å². The van der Waals surface area contributed by atoms with Crippen molar-refractivity contribution in [3.05, 3.63) is 95.6 Å². The van der Waals surface area contributed by atoms with Crippen LogP contribution < -0.4 is 21.3 Å². The molecular weight excluding hydrogens is 840 g/mol. The first-order chi connectivity index (χ1) is 30.9. The summed E-state index contributed by atoms with van der Waals surface area (Å²) in [6, 6.07) is 14.7. The molecule has 1 aliphatic heterocycles. The standard InChI is InChI=1S/C47H63FN8O9/c1-8-35-29-54(27-32-15-11-9-12-16-32)43(52-35)42(47(4,5)6)56(46(63)64-7)28-34(48)25-50-45(62)65-30-33-18-20-36(21-19-33)51-38(58)26-49-44(61)41(31(2)3)53-37(57)17-13-10-14-24-55-39(59)22-23-40(55)60/h9,11-12,15-16,18-23,29,31,34,41-42H,8,10,13-14,17,24-28,30H2,1-7H3,(H,49,61)(H,50,62)(H,51,58)(H,53,57). The van der Waals surface area contributed by atoms with Gasteiger partial charge in [0.15, 0.2) is 0 Å². The van der Waals surface area contributed by atoms with E-state index in [1.807, 2.05) is 68.8 Å². The summed E-state index contributed by atoms with van der Waals surface area (Å²) < 4.78 is 28.1. The number of alkyl carbamates (subject to hydrolysis) is 1. The first-order valence-electron chi connectivity index (χ1n) is 21.9. The van der Waals surface area contributed by atoms with Crippen molar-refractivity contribution >= 4 is 47.4 Å². The first kappa shape index (κ1) is 51.0. The summed E-state index contributed by atoms with van der Waals surface area (Å²) in [5.74, 6) is -1.72. The molecule has 1 aliphatic rings. The van der Waals surface area contributed by atoms with Gasteiger partial charge in [-0.3, -0.25) is 33.8 Å². The Hall–Kier alpha value is -6.59. The lowest BCUT2D eigenvalue weighted by molar-refractivity contribution is -0.137. The van der Waals surface area contributed by atoms with Crippen molar-refractivity contribution in [3.8, 4) is 0 Å². The molecule has 2 heterocycles. The van der Waals surface area contributed by atoms with Gasteiger partial charge in [0, 0.05) is 43.5 Å². The Labute approximate surface area is 379 Å². The highest BCUT2D eigenvalue weighted by molar-refractivity contribution is 6.12. The molecule has 3 aromatic rings. The number of aryl methyl sites for hydroxylation is 1. The molecule has 0 bridgehead atoms. The average molecular weight is 903 g/mol. The molecule has 4 N–H and O–H groups in total. The number of imide groups is 1. The summed E-state index contributed by atoms with van der Waals surface area (Å²) in [6.45, 7) is 10.8. The van der Waals surface area contributed by atoms with Gasteiger partial charge >= 0.3 is 12.2 Å². The molecule has 65 heavy (non-hydrogen) atoms. The van der Waals surface area contributed by atoms with Crippen LogP contribution in [-0.4, -0.2) is 107 Å². The SMILES string of the molecule is CCc1cn(Cc2ccccc2)c(C(N(CC(F)CNC(=O)OCc2ccc(NC(=O)CNC(=O)C(NC(=O)CCCCCN3C(=O)C=CC3=O)C(C)C)cc2)C(=O)OC)C(C)(C)C)n1. The Morgan fingerprint density at radius 3 is 2.17 bits per heavy atom. The van der Waals surface area contributed by atoms with Gasteiger partial charge in [0.1, 0.15) is 24.6 Å². The van der Waals surface area contributed by atoms with E-state index in [1.54, 1.807) is 38.1 Å². The number of carbonyl (C=O) groups is 7. The number of amides is 7. The predicted molar refractivity (Wildman–Crippen MR) is 241 cm³/mol. The van der Waals surface area contributed by atoms with Gasteiger partial charge in [-0.05, 0) is 53.9 Å². The van der Waals surface area contributed by atoms with E-state index in [4.69, 9.17) is 14.5 Å². The number of imidazole rings is 1. The minimum atomic E-state index is -1.69. The van der Waals surface area contributed by atoms with E-state index >= 15 is 4.39 Å². The zero-order chi connectivity index (χ0) is 47.7. The lowest BCUT2D eigenvalue weighted by Gasteiger charge is -2.39. The van der Waals surface area contributed by atoms with Crippen LogP contribution in [0, 0.1) is 11.3 Å². The summed E-state index contributed by atoms with van der Waals surface area (Å²) in [5, 5.41) is 10.4. The molecule has 17 nitrogen and oxygen atoms in total. The maximum atomic E-state index is 15.7. The third kappa shape index (κ3) is 15.9. The number of unbranched alkanes of at least 4 members (excludes halogenated alkanes) is 2. The Bertz CT molecular complexity index is 2120. The van der Waals surface area contributed by atoms with Crippen LogP contribution in [0.15, 0.2) is 72.9 Å². The van der Waals surface area contributed by atoms with Crippen molar-refractivity contribution in [2.45, 2.75) is 105 Å². The maximum Gasteiger partial charge on any atom is 0.410 e. The lowest BCUT2D eigenvalue weighted by Crippen LogP contribution is -2.51. The fourth-order valence-electron chi connectivity index (χ4n) is 7.18. The van der Waals surface area contributed by atoms with Gasteiger partial charge < -0.3 is 35.3 Å². The van der Waals surface area contributed by atoms with Crippen LogP contribution in [0.2, 0.25) is 0 Å². The number of alkyl halides is 1. The van der Waals surface area contributed by atoms with Crippen molar-refractivity contribution in [2.75, 3.05) is 38.6 Å². The quantitative estimate of drug-likeness (QED) is 0.0685. The highest BCUT2D eigenvalue weighted by Crippen LogP contribution is 2.38. The molecule has 4 rings (SSSR count). The smallest absolute Gasteiger partial charge is 0.410 e. The summed E-state index contributed by atoms with van der Waals surface area (Å²) in [7, 11) is 1.24. The van der Waals surface area contributed by atoms with Gasteiger partial charge in [-0.15, -0.1) is 0 Å². The number of anilines is 1. The Balaban J connectivity index is 1.21. The molecule has 0 aliphatic carbocycles. The largest absolute Gasteiger partial charge is 0.453 e. The topological polar surface area (TPSA) is 210 Å². The van der Waals surface area contributed by atoms with Crippen LogP contribution in [-0.2, 0) is 53.0 Å². The van der Waals surface area contributed by atoms with E-state index in [2.05, 4.69) is 21.3 Å². The van der Waals surface area contributed by atoms with Crippen LogP contribution in [0.5, 0.6) is 0 Å². The number of nitrogens with one attached hydrogen (secondary N) is 4. The van der Waals surface area contributed by atoms with Gasteiger partial charge in [-0.25, -0.2) is 19.0 Å². The number of carbonyl (C=O) groups excluding carboxylic acids is 7. The van der Waals surface area contributed by atoms with E-state index in [0.717, 1.165) is 16.2 Å². The molecule has 1 aromatic heterocycles. The van der Waals surface area contributed by atoms with Crippen LogP contribution in [0.4, 0.5) is 19.7 Å². The molecule has 0 fully saturated rings. The minimum absolute atomic E-state index is 0.154.